The minimum Gasteiger partial charge on any atom is -0.456 e. The van der Waals surface area contributed by atoms with Crippen LogP contribution >= 0.6 is 0 Å². The molecule has 1 aromatic heterocycles. The molecule has 11 aromatic rings. The van der Waals surface area contributed by atoms with E-state index in [0.29, 0.717) is 0 Å². The van der Waals surface area contributed by atoms with E-state index in [-0.39, 0.29) is 0 Å². The van der Waals surface area contributed by atoms with Crippen molar-refractivity contribution in [2.75, 3.05) is 9.80 Å². The Hall–Kier alpha value is -8.14. The topological polar surface area (TPSA) is 19.6 Å². The predicted octanol–water partition coefficient (Wildman–Crippen LogP) is 16.0. The summed E-state index contributed by atoms with van der Waals surface area (Å²) in [5.41, 5.74) is 15.4. The third-order valence-electron chi connectivity index (χ3n) is 13.2. The number of furan rings is 1. The van der Waals surface area contributed by atoms with Crippen LogP contribution in [0, 0.1) is 0 Å². The Balaban J connectivity index is 1.11. The Bertz CT molecular complexity index is 3540. The maximum atomic E-state index is 7.19. The Labute approximate surface area is 360 Å². The summed E-state index contributed by atoms with van der Waals surface area (Å²) in [4.78, 5) is 4.85. The minimum absolute atomic E-state index is 0.643. The fourth-order valence-corrected chi connectivity index (χ4v) is 10.8. The van der Waals surface area contributed by atoms with Gasteiger partial charge in [0.1, 0.15) is 11.3 Å². The van der Waals surface area contributed by atoms with Crippen molar-refractivity contribution < 1.29 is 4.42 Å². The molecule has 1 heterocycles. The van der Waals surface area contributed by atoms with Crippen molar-refractivity contribution in [2.45, 2.75) is 5.41 Å². The molecule has 0 amide bonds. The quantitative estimate of drug-likeness (QED) is 0.167. The summed E-state index contributed by atoms with van der Waals surface area (Å²) in [5, 5.41) is 5.93. The minimum atomic E-state index is -0.643. The van der Waals surface area contributed by atoms with Crippen LogP contribution in [0.2, 0.25) is 0 Å². The normalized spacial score (nSPS) is 14.5. The van der Waals surface area contributed by atoms with Crippen molar-refractivity contribution in [2.24, 2.45) is 0 Å². The second-order valence-electron chi connectivity index (χ2n) is 16.4. The van der Waals surface area contributed by atoms with Gasteiger partial charge in [-0.1, -0.05) is 170 Å². The van der Waals surface area contributed by atoms with Crippen molar-refractivity contribution in [1.82, 2.24) is 0 Å². The molecule has 0 bridgehead atoms. The SMILES string of the molecule is c1ccc(N(c2ccc3c(c2)-c2ccccc2C32c3cccc(N(c4ccccc4)c4cccc5ccccc45)c3-c3oc4ccccc4c32)c2cccc3ccccc23)cc1. The second kappa shape index (κ2) is 13.4. The van der Waals surface area contributed by atoms with Crippen molar-refractivity contribution in [3.05, 3.63) is 253 Å². The molecule has 3 heteroatoms. The summed E-state index contributed by atoms with van der Waals surface area (Å²) >= 11 is 0. The molecule has 0 saturated heterocycles. The highest BCUT2D eigenvalue weighted by Crippen LogP contribution is 2.67. The molecular formula is C59H38N2O. The van der Waals surface area contributed by atoms with Gasteiger partial charge in [-0.25, -0.2) is 0 Å². The van der Waals surface area contributed by atoms with Gasteiger partial charge in [-0.05, 0) is 99.3 Å². The Morgan fingerprint density at radius 3 is 1.58 bits per heavy atom. The summed E-state index contributed by atoms with van der Waals surface area (Å²) < 4.78 is 7.19. The lowest BCUT2D eigenvalue weighted by atomic mass is 9.70. The molecule has 2 aliphatic carbocycles. The maximum absolute atomic E-state index is 7.19. The summed E-state index contributed by atoms with van der Waals surface area (Å²) in [6, 6.07) is 83.8. The van der Waals surface area contributed by atoms with Gasteiger partial charge in [0.25, 0.3) is 0 Å². The molecule has 3 nitrogen and oxygen atoms in total. The number of rotatable bonds is 6. The predicted molar refractivity (Wildman–Crippen MR) is 257 cm³/mol. The fraction of sp³-hybridized carbons (Fsp3) is 0.0169. The zero-order chi connectivity index (χ0) is 40.8. The van der Waals surface area contributed by atoms with E-state index in [1.807, 2.05) is 0 Å². The van der Waals surface area contributed by atoms with E-state index in [4.69, 9.17) is 4.42 Å². The molecule has 1 spiro atoms. The molecular weight excluding hydrogens is 753 g/mol. The number of anilines is 6. The van der Waals surface area contributed by atoms with Crippen molar-refractivity contribution in [1.29, 1.82) is 0 Å². The number of fused-ring (bicyclic) bond motifs is 14. The van der Waals surface area contributed by atoms with Gasteiger partial charge in [-0.3, -0.25) is 0 Å². The van der Waals surface area contributed by atoms with Crippen molar-refractivity contribution in [3.63, 3.8) is 0 Å². The molecule has 1 unspecified atom stereocenters. The van der Waals surface area contributed by atoms with Crippen LogP contribution < -0.4 is 9.80 Å². The molecule has 0 N–H and O–H groups in total. The summed E-state index contributed by atoms with van der Waals surface area (Å²) in [6.07, 6.45) is 0. The number of benzene rings is 10. The van der Waals surface area contributed by atoms with Crippen LogP contribution in [-0.4, -0.2) is 0 Å². The molecule has 13 rings (SSSR count). The highest BCUT2D eigenvalue weighted by atomic mass is 16.3. The first-order valence-electron chi connectivity index (χ1n) is 21.4. The fourth-order valence-electron chi connectivity index (χ4n) is 10.8. The monoisotopic (exact) mass is 790 g/mol. The van der Waals surface area contributed by atoms with E-state index in [0.717, 1.165) is 56.4 Å². The molecule has 10 aromatic carbocycles. The maximum Gasteiger partial charge on any atom is 0.142 e. The Morgan fingerprint density at radius 2 is 0.855 bits per heavy atom. The van der Waals surface area contributed by atoms with Gasteiger partial charge < -0.3 is 14.2 Å². The molecule has 0 fully saturated rings. The van der Waals surface area contributed by atoms with Gasteiger partial charge in [0.2, 0.25) is 0 Å². The van der Waals surface area contributed by atoms with Gasteiger partial charge in [0.15, 0.2) is 0 Å². The largest absolute Gasteiger partial charge is 0.456 e. The molecule has 290 valence electrons. The third kappa shape index (κ3) is 4.82. The van der Waals surface area contributed by atoms with Gasteiger partial charge >= 0.3 is 0 Å². The van der Waals surface area contributed by atoms with Gasteiger partial charge in [-0.15, -0.1) is 0 Å². The van der Waals surface area contributed by atoms with E-state index >= 15 is 0 Å². The lowest BCUT2D eigenvalue weighted by molar-refractivity contribution is 0.628. The lowest BCUT2D eigenvalue weighted by Crippen LogP contribution is -2.26. The smallest absolute Gasteiger partial charge is 0.142 e. The zero-order valence-electron chi connectivity index (χ0n) is 33.7. The van der Waals surface area contributed by atoms with E-state index in [1.54, 1.807) is 0 Å². The van der Waals surface area contributed by atoms with Crippen LogP contribution in [0.5, 0.6) is 0 Å². The van der Waals surface area contributed by atoms with Crippen LogP contribution in [0.1, 0.15) is 22.3 Å². The molecule has 1 atom stereocenters. The van der Waals surface area contributed by atoms with Crippen molar-refractivity contribution in [3.8, 4) is 22.5 Å². The number of hydrogen-bond acceptors (Lipinski definition) is 3. The molecule has 62 heavy (non-hydrogen) atoms. The number of para-hydroxylation sites is 3. The van der Waals surface area contributed by atoms with E-state index in [2.05, 4.69) is 240 Å². The summed E-state index contributed by atoms with van der Waals surface area (Å²) in [5.74, 6) is 0.923. The van der Waals surface area contributed by atoms with E-state index in [9.17, 15) is 0 Å². The number of nitrogens with zero attached hydrogens (tertiary/aromatic N) is 2. The summed E-state index contributed by atoms with van der Waals surface area (Å²) in [6.45, 7) is 0. The molecule has 0 radical (unpaired) electrons. The van der Waals surface area contributed by atoms with Gasteiger partial charge in [-0.2, -0.15) is 0 Å². The Kier molecular flexibility index (Phi) is 7.52. The van der Waals surface area contributed by atoms with Crippen molar-refractivity contribution >= 4 is 66.6 Å². The average molecular weight is 791 g/mol. The van der Waals surface area contributed by atoms with Crippen LogP contribution in [0.25, 0.3) is 55.0 Å². The summed E-state index contributed by atoms with van der Waals surface area (Å²) in [7, 11) is 0. The number of hydrogen-bond donors (Lipinski definition) is 0. The van der Waals surface area contributed by atoms with Gasteiger partial charge in [0.05, 0.1) is 22.5 Å². The lowest BCUT2D eigenvalue weighted by Gasteiger charge is -2.32. The van der Waals surface area contributed by atoms with Crippen LogP contribution in [0.15, 0.2) is 235 Å². The Morgan fingerprint density at radius 1 is 0.339 bits per heavy atom. The van der Waals surface area contributed by atoms with E-state index < -0.39 is 5.41 Å². The standard InChI is InChI=1S/C59H38N2O/c1-3-22-41(23-4-1)60(52-32-15-20-39-18-7-9-26-44(39)52)43-36-37-50-48(38-43)46-28-11-13-30-49(46)59(50)51-31-17-34-54(56(51)58-57(59)47-29-12-14-35-55(47)62-58)61(42-24-5-2-6-25-42)53-33-16-21-40-19-8-10-27-45(40)53/h1-38H. The first kappa shape index (κ1) is 34.7. The highest BCUT2D eigenvalue weighted by molar-refractivity contribution is 6.08. The molecule has 2 aliphatic rings. The van der Waals surface area contributed by atoms with Crippen LogP contribution in [-0.2, 0) is 5.41 Å². The zero-order valence-corrected chi connectivity index (χ0v) is 33.7. The first-order chi connectivity index (χ1) is 30.8. The highest BCUT2D eigenvalue weighted by Gasteiger charge is 2.55. The van der Waals surface area contributed by atoms with E-state index in [1.165, 1.54) is 54.9 Å². The van der Waals surface area contributed by atoms with Crippen LogP contribution in [0.3, 0.4) is 0 Å². The first-order valence-corrected chi connectivity index (χ1v) is 21.4. The molecule has 0 aliphatic heterocycles. The second-order valence-corrected chi connectivity index (χ2v) is 16.4. The third-order valence-corrected chi connectivity index (χ3v) is 13.2. The molecule has 0 saturated carbocycles. The average Bonchev–Trinajstić information content (AvgIpc) is 3.96. The van der Waals surface area contributed by atoms with Gasteiger partial charge in [0, 0.05) is 44.3 Å². The van der Waals surface area contributed by atoms with Crippen LogP contribution in [0.4, 0.5) is 34.1 Å².